The van der Waals surface area contributed by atoms with E-state index in [9.17, 15) is 9.59 Å². The number of nitrogens with one attached hydrogen (secondary N) is 1. The van der Waals surface area contributed by atoms with Crippen molar-refractivity contribution < 1.29 is 19.1 Å². The van der Waals surface area contributed by atoms with Gasteiger partial charge in [0.2, 0.25) is 5.91 Å². The summed E-state index contributed by atoms with van der Waals surface area (Å²) < 4.78 is 9.84. The number of methoxy groups -OCH3 is 1. The average molecular weight is 315 g/mol. The highest BCUT2D eigenvalue weighted by Crippen LogP contribution is 2.17. The van der Waals surface area contributed by atoms with Gasteiger partial charge in [-0.05, 0) is 23.3 Å². The Kier molecular flexibility index (Phi) is 6.11. The van der Waals surface area contributed by atoms with Crippen LogP contribution in [0.3, 0.4) is 0 Å². The maximum absolute atomic E-state index is 11.9. The quantitative estimate of drug-likeness (QED) is 0.795. The van der Waals surface area contributed by atoms with Crippen LogP contribution in [0.1, 0.15) is 12.5 Å². The average Bonchev–Trinajstić information content (AvgIpc) is 2.58. The van der Waals surface area contributed by atoms with Gasteiger partial charge in [-0.15, -0.1) is 0 Å². The van der Waals surface area contributed by atoms with Crippen molar-refractivity contribution in [2.45, 2.75) is 19.4 Å². The van der Waals surface area contributed by atoms with Gasteiger partial charge in [-0.2, -0.15) is 0 Å². The van der Waals surface area contributed by atoms with E-state index in [-0.39, 0.29) is 12.5 Å². The SMILES string of the molecule is CCOCC(=O)N[C@H](Cc1ccc2ccccc2c1)C(=O)OC. The summed E-state index contributed by atoms with van der Waals surface area (Å²) in [5.74, 6) is -0.800. The van der Waals surface area contributed by atoms with Crippen LogP contribution >= 0.6 is 0 Å². The summed E-state index contributed by atoms with van der Waals surface area (Å²) in [5, 5.41) is 4.88. The van der Waals surface area contributed by atoms with Crippen LogP contribution in [-0.4, -0.2) is 38.2 Å². The molecule has 0 spiro atoms. The van der Waals surface area contributed by atoms with Gasteiger partial charge in [0.1, 0.15) is 12.6 Å². The molecule has 0 saturated carbocycles. The molecule has 0 bridgehead atoms. The van der Waals surface area contributed by atoms with Crippen molar-refractivity contribution in [2.24, 2.45) is 0 Å². The van der Waals surface area contributed by atoms with E-state index in [1.807, 2.05) is 42.5 Å². The Morgan fingerprint density at radius 3 is 2.57 bits per heavy atom. The number of benzene rings is 2. The maximum atomic E-state index is 11.9. The van der Waals surface area contributed by atoms with Gasteiger partial charge in [0, 0.05) is 13.0 Å². The molecule has 0 aliphatic heterocycles. The van der Waals surface area contributed by atoms with Crippen molar-refractivity contribution in [1.29, 1.82) is 0 Å². The van der Waals surface area contributed by atoms with Gasteiger partial charge in [0.05, 0.1) is 7.11 Å². The van der Waals surface area contributed by atoms with Crippen molar-refractivity contribution >= 4 is 22.6 Å². The van der Waals surface area contributed by atoms with E-state index in [2.05, 4.69) is 5.32 Å². The molecule has 5 heteroatoms. The summed E-state index contributed by atoms with van der Waals surface area (Å²) in [6.07, 6.45) is 0.370. The molecule has 0 radical (unpaired) electrons. The Morgan fingerprint density at radius 2 is 1.87 bits per heavy atom. The highest BCUT2D eigenvalue weighted by atomic mass is 16.5. The second-order valence-corrected chi connectivity index (χ2v) is 5.17. The largest absolute Gasteiger partial charge is 0.467 e. The fraction of sp³-hybridized carbons (Fsp3) is 0.333. The number of amides is 1. The minimum Gasteiger partial charge on any atom is -0.467 e. The van der Waals surface area contributed by atoms with Crippen LogP contribution < -0.4 is 5.32 Å². The van der Waals surface area contributed by atoms with Crippen LogP contribution in [0.4, 0.5) is 0 Å². The minimum atomic E-state index is -0.728. The van der Waals surface area contributed by atoms with Crippen LogP contribution in [0.5, 0.6) is 0 Å². The fourth-order valence-electron chi connectivity index (χ4n) is 2.37. The third-order valence-electron chi connectivity index (χ3n) is 3.51. The third-order valence-corrected chi connectivity index (χ3v) is 3.51. The fourth-order valence-corrected chi connectivity index (χ4v) is 2.37. The van der Waals surface area contributed by atoms with E-state index in [0.717, 1.165) is 16.3 Å². The van der Waals surface area contributed by atoms with Crippen LogP contribution in [0.15, 0.2) is 42.5 Å². The van der Waals surface area contributed by atoms with Crippen LogP contribution in [0.25, 0.3) is 10.8 Å². The molecule has 0 aliphatic rings. The van der Waals surface area contributed by atoms with Crippen molar-refractivity contribution in [2.75, 3.05) is 20.3 Å². The van der Waals surface area contributed by atoms with Gasteiger partial charge in [-0.1, -0.05) is 42.5 Å². The van der Waals surface area contributed by atoms with Crippen molar-refractivity contribution in [3.05, 3.63) is 48.0 Å². The maximum Gasteiger partial charge on any atom is 0.328 e. The third kappa shape index (κ3) is 4.79. The number of carbonyl (C=O) groups excluding carboxylic acids is 2. The van der Waals surface area contributed by atoms with Crippen molar-refractivity contribution in [3.8, 4) is 0 Å². The number of hydrogen-bond acceptors (Lipinski definition) is 4. The molecule has 1 N–H and O–H groups in total. The first-order chi connectivity index (χ1) is 11.1. The molecule has 0 saturated heterocycles. The number of fused-ring (bicyclic) bond motifs is 1. The van der Waals surface area contributed by atoms with E-state index in [0.29, 0.717) is 13.0 Å². The second-order valence-electron chi connectivity index (χ2n) is 5.17. The first kappa shape index (κ1) is 17.0. The zero-order valence-electron chi connectivity index (χ0n) is 13.4. The van der Waals surface area contributed by atoms with E-state index in [1.54, 1.807) is 6.92 Å². The standard InChI is InChI=1S/C18H21NO4/c1-3-23-12-17(20)19-16(18(21)22-2)11-13-8-9-14-6-4-5-7-15(14)10-13/h4-10,16H,3,11-12H2,1-2H3,(H,19,20)/t16-/m1/s1. The summed E-state index contributed by atoms with van der Waals surface area (Å²) >= 11 is 0. The smallest absolute Gasteiger partial charge is 0.328 e. The lowest BCUT2D eigenvalue weighted by atomic mass is 10.0. The summed E-state index contributed by atoms with van der Waals surface area (Å²) in [4.78, 5) is 23.7. The molecular formula is C18H21NO4. The number of rotatable bonds is 7. The molecule has 0 aromatic heterocycles. The van der Waals surface area contributed by atoms with Gasteiger partial charge in [0.25, 0.3) is 0 Å². The monoisotopic (exact) mass is 315 g/mol. The molecule has 2 rings (SSSR count). The minimum absolute atomic E-state index is 0.0677. The van der Waals surface area contributed by atoms with Gasteiger partial charge in [-0.25, -0.2) is 4.79 Å². The topological polar surface area (TPSA) is 64.6 Å². The first-order valence-electron chi connectivity index (χ1n) is 7.56. The molecule has 2 aromatic carbocycles. The molecule has 0 unspecified atom stereocenters. The Balaban J connectivity index is 2.12. The van der Waals surface area contributed by atoms with Gasteiger partial charge in [-0.3, -0.25) is 4.79 Å². The van der Waals surface area contributed by atoms with E-state index < -0.39 is 12.0 Å². The predicted octanol–water partition coefficient (Wildman–Crippen LogP) is 2.08. The normalized spacial score (nSPS) is 11.9. The number of esters is 1. The molecule has 0 heterocycles. The zero-order valence-corrected chi connectivity index (χ0v) is 13.4. The van der Waals surface area contributed by atoms with Gasteiger partial charge < -0.3 is 14.8 Å². The van der Waals surface area contributed by atoms with Crippen LogP contribution in [-0.2, 0) is 25.5 Å². The zero-order chi connectivity index (χ0) is 16.7. The van der Waals surface area contributed by atoms with E-state index in [4.69, 9.17) is 9.47 Å². The number of carbonyl (C=O) groups is 2. The van der Waals surface area contributed by atoms with E-state index >= 15 is 0 Å². The van der Waals surface area contributed by atoms with Crippen LogP contribution in [0, 0.1) is 0 Å². The van der Waals surface area contributed by atoms with Crippen molar-refractivity contribution in [3.63, 3.8) is 0 Å². The Morgan fingerprint density at radius 1 is 1.13 bits per heavy atom. The lowest BCUT2D eigenvalue weighted by Crippen LogP contribution is -2.44. The van der Waals surface area contributed by atoms with E-state index in [1.165, 1.54) is 7.11 Å². The summed E-state index contributed by atoms with van der Waals surface area (Å²) in [7, 11) is 1.31. The lowest BCUT2D eigenvalue weighted by Gasteiger charge is -2.17. The Hall–Kier alpha value is -2.40. The number of ether oxygens (including phenoxy) is 2. The molecular weight excluding hydrogens is 294 g/mol. The predicted molar refractivity (Wildman–Crippen MR) is 88.1 cm³/mol. The molecule has 23 heavy (non-hydrogen) atoms. The molecule has 122 valence electrons. The lowest BCUT2D eigenvalue weighted by molar-refractivity contribution is -0.145. The van der Waals surface area contributed by atoms with Crippen LogP contribution in [0.2, 0.25) is 0 Å². The molecule has 1 amide bonds. The molecule has 0 fully saturated rings. The molecule has 1 atom stereocenters. The highest BCUT2D eigenvalue weighted by molar-refractivity contribution is 5.86. The summed E-state index contributed by atoms with van der Waals surface area (Å²) in [5.41, 5.74) is 0.954. The Bertz CT molecular complexity index is 684. The summed E-state index contributed by atoms with van der Waals surface area (Å²) in [6.45, 7) is 2.18. The first-order valence-corrected chi connectivity index (χ1v) is 7.56. The van der Waals surface area contributed by atoms with Gasteiger partial charge in [0.15, 0.2) is 0 Å². The molecule has 5 nitrogen and oxygen atoms in total. The Labute approximate surface area is 135 Å². The summed E-state index contributed by atoms with van der Waals surface area (Å²) in [6, 6.07) is 13.2. The number of hydrogen-bond donors (Lipinski definition) is 1. The molecule has 2 aromatic rings. The van der Waals surface area contributed by atoms with Crippen molar-refractivity contribution in [1.82, 2.24) is 5.32 Å². The van der Waals surface area contributed by atoms with Gasteiger partial charge >= 0.3 is 5.97 Å². The highest BCUT2D eigenvalue weighted by Gasteiger charge is 2.22. The second kappa shape index (κ2) is 8.29. The molecule has 0 aliphatic carbocycles.